The van der Waals surface area contributed by atoms with E-state index in [1.807, 2.05) is 11.8 Å². The fourth-order valence-corrected chi connectivity index (χ4v) is 4.19. The second kappa shape index (κ2) is 7.88. The fraction of sp³-hybridized carbons (Fsp3) is 0.750. The van der Waals surface area contributed by atoms with Crippen molar-refractivity contribution < 1.29 is 14.4 Å². The molecule has 118 valence electrons. The molecule has 0 radical (unpaired) electrons. The number of hydrogen-bond acceptors (Lipinski definition) is 4. The molecular weight excluding hydrogens is 360 g/mol. The molecule has 9 heteroatoms. The van der Waals surface area contributed by atoms with Crippen LogP contribution in [0.3, 0.4) is 0 Å². The monoisotopic (exact) mass is 378 g/mol. The maximum atomic E-state index is 11.5. The van der Waals surface area contributed by atoms with E-state index < -0.39 is 0 Å². The predicted molar refractivity (Wildman–Crippen MR) is 84.0 cm³/mol. The van der Waals surface area contributed by atoms with E-state index in [4.69, 9.17) is 0 Å². The van der Waals surface area contributed by atoms with Crippen LogP contribution in [0.1, 0.15) is 25.7 Å². The number of urea groups is 1. The first-order valence-corrected chi connectivity index (χ1v) is 9.09. The summed E-state index contributed by atoms with van der Waals surface area (Å²) in [5, 5.41) is 6.44. The van der Waals surface area contributed by atoms with Gasteiger partial charge in [-0.05, 0) is 12.8 Å². The minimum atomic E-state index is -0.277. The number of rotatable bonds is 6. The van der Waals surface area contributed by atoms with Crippen LogP contribution in [-0.2, 0) is 9.59 Å². The number of alkyl halides is 1. The maximum Gasteiger partial charge on any atom is 0.315 e. The average Bonchev–Trinajstić information content (AvgIpc) is 3.00. The summed E-state index contributed by atoms with van der Waals surface area (Å²) in [6.45, 7) is 0. The van der Waals surface area contributed by atoms with Crippen molar-refractivity contribution in [1.29, 1.82) is 0 Å². The first-order chi connectivity index (χ1) is 10.1. The molecule has 3 atom stereocenters. The normalized spacial score (nSPS) is 26.7. The summed E-state index contributed by atoms with van der Waals surface area (Å²) in [6.07, 6.45) is 3.07. The van der Waals surface area contributed by atoms with E-state index in [1.54, 1.807) is 0 Å². The van der Waals surface area contributed by atoms with Crippen molar-refractivity contribution in [2.24, 2.45) is 0 Å². The van der Waals surface area contributed by atoms with Crippen molar-refractivity contribution >= 4 is 45.5 Å². The fourth-order valence-electron chi connectivity index (χ4n) is 2.51. The van der Waals surface area contributed by atoms with Crippen LogP contribution in [0.15, 0.2) is 0 Å². The van der Waals surface area contributed by atoms with Crippen LogP contribution < -0.4 is 21.5 Å². The van der Waals surface area contributed by atoms with Gasteiger partial charge < -0.3 is 10.6 Å². The molecule has 2 aliphatic heterocycles. The second-order valence-electron chi connectivity index (χ2n) is 5.10. The minimum Gasteiger partial charge on any atom is -0.332 e. The SMILES string of the molecule is O=C(CBr)NNC(=O)CCCC[C@@H]1SC[C@@H]2NC(=O)N[C@@H]21. The number of halogens is 1. The van der Waals surface area contributed by atoms with E-state index in [2.05, 4.69) is 37.4 Å². The van der Waals surface area contributed by atoms with Gasteiger partial charge >= 0.3 is 6.03 Å². The van der Waals surface area contributed by atoms with Gasteiger partial charge in [-0.3, -0.25) is 20.4 Å². The number of amides is 4. The molecule has 7 nitrogen and oxygen atoms in total. The number of carbonyl (C=O) groups is 3. The number of thioether (sulfide) groups is 1. The number of carbonyl (C=O) groups excluding carboxylic acids is 3. The molecule has 0 saturated carbocycles. The zero-order valence-corrected chi connectivity index (χ0v) is 13.9. The third kappa shape index (κ3) is 4.77. The molecule has 2 fully saturated rings. The van der Waals surface area contributed by atoms with Gasteiger partial charge in [-0.1, -0.05) is 22.4 Å². The van der Waals surface area contributed by atoms with E-state index in [0.717, 1.165) is 25.0 Å². The number of unbranched alkanes of at least 4 members (excludes halogenated alkanes) is 1. The standard InChI is InChI=1S/C12H19BrN4O3S/c13-5-10(19)17-16-9(18)4-2-1-3-8-11-7(6-21-8)14-12(20)15-11/h7-8,11H,1-6H2,(H,16,18)(H,17,19)(H2,14,15,20)/t7-,8-,11-/m0/s1. The van der Waals surface area contributed by atoms with Crippen molar-refractivity contribution in [2.75, 3.05) is 11.1 Å². The molecule has 4 amide bonds. The van der Waals surface area contributed by atoms with Gasteiger partial charge in [0.25, 0.3) is 0 Å². The van der Waals surface area contributed by atoms with Crippen molar-refractivity contribution in [3.8, 4) is 0 Å². The lowest BCUT2D eigenvalue weighted by Crippen LogP contribution is -2.42. The van der Waals surface area contributed by atoms with Crippen LogP contribution in [0.4, 0.5) is 4.79 Å². The number of fused-ring (bicyclic) bond motifs is 1. The Bertz CT molecular complexity index is 423. The molecule has 0 aromatic carbocycles. The Labute approximate surface area is 135 Å². The van der Waals surface area contributed by atoms with Gasteiger partial charge in [0.1, 0.15) is 0 Å². The number of hydrazine groups is 1. The van der Waals surface area contributed by atoms with E-state index in [1.165, 1.54) is 0 Å². The summed E-state index contributed by atoms with van der Waals surface area (Å²) < 4.78 is 0. The Hall–Kier alpha value is -0.960. The molecule has 2 aliphatic rings. The van der Waals surface area contributed by atoms with Crippen LogP contribution in [0.25, 0.3) is 0 Å². The summed E-state index contributed by atoms with van der Waals surface area (Å²) in [5.74, 6) is 0.492. The van der Waals surface area contributed by atoms with Crippen LogP contribution in [-0.4, -0.2) is 46.3 Å². The summed E-state index contributed by atoms with van der Waals surface area (Å²) in [5.41, 5.74) is 4.67. The maximum absolute atomic E-state index is 11.5. The molecule has 0 aromatic heterocycles. The molecule has 0 spiro atoms. The molecule has 2 saturated heterocycles. The molecule has 21 heavy (non-hydrogen) atoms. The van der Waals surface area contributed by atoms with Crippen molar-refractivity contribution in [1.82, 2.24) is 21.5 Å². The second-order valence-corrected chi connectivity index (χ2v) is 6.93. The summed E-state index contributed by atoms with van der Waals surface area (Å²) in [4.78, 5) is 33.7. The van der Waals surface area contributed by atoms with Gasteiger partial charge in [0, 0.05) is 17.4 Å². The van der Waals surface area contributed by atoms with Crippen LogP contribution in [0, 0.1) is 0 Å². The smallest absolute Gasteiger partial charge is 0.315 e. The number of hydrogen-bond donors (Lipinski definition) is 4. The Kier molecular flexibility index (Phi) is 6.16. The highest BCUT2D eigenvalue weighted by atomic mass is 79.9. The molecule has 0 bridgehead atoms. The summed E-state index contributed by atoms with van der Waals surface area (Å²) >= 11 is 4.86. The molecule has 2 heterocycles. The van der Waals surface area contributed by atoms with E-state index in [-0.39, 0.29) is 35.3 Å². The Morgan fingerprint density at radius 3 is 2.76 bits per heavy atom. The lowest BCUT2D eigenvalue weighted by atomic mass is 10.0. The third-order valence-electron chi connectivity index (χ3n) is 3.54. The highest BCUT2D eigenvalue weighted by Gasteiger charge is 2.42. The zero-order chi connectivity index (χ0) is 15.2. The molecule has 2 rings (SSSR count). The van der Waals surface area contributed by atoms with Crippen molar-refractivity contribution in [3.63, 3.8) is 0 Å². The van der Waals surface area contributed by atoms with E-state index >= 15 is 0 Å². The van der Waals surface area contributed by atoms with Gasteiger partial charge in [0.2, 0.25) is 11.8 Å². The summed E-state index contributed by atoms with van der Waals surface area (Å²) in [6, 6.07) is 0.391. The lowest BCUT2D eigenvalue weighted by molar-refractivity contribution is -0.127. The predicted octanol–water partition coefficient (Wildman–Crippen LogP) is 0.255. The molecule has 0 aromatic rings. The first kappa shape index (κ1) is 16.4. The van der Waals surface area contributed by atoms with Gasteiger partial charge in [-0.2, -0.15) is 11.8 Å². The van der Waals surface area contributed by atoms with Crippen LogP contribution in [0.2, 0.25) is 0 Å². The van der Waals surface area contributed by atoms with Gasteiger partial charge in [-0.15, -0.1) is 0 Å². The van der Waals surface area contributed by atoms with Crippen LogP contribution in [0.5, 0.6) is 0 Å². The Balaban J connectivity index is 1.57. The van der Waals surface area contributed by atoms with Crippen LogP contribution >= 0.6 is 27.7 Å². The average molecular weight is 379 g/mol. The topological polar surface area (TPSA) is 99.3 Å². The Morgan fingerprint density at radius 2 is 2.00 bits per heavy atom. The third-order valence-corrected chi connectivity index (χ3v) is 5.56. The first-order valence-electron chi connectivity index (χ1n) is 6.92. The van der Waals surface area contributed by atoms with Gasteiger partial charge in [0.15, 0.2) is 0 Å². The molecular formula is C12H19BrN4O3S. The quantitative estimate of drug-likeness (QED) is 0.230. The molecule has 0 unspecified atom stereocenters. The zero-order valence-electron chi connectivity index (χ0n) is 11.5. The highest BCUT2D eigenvalue weighted by Crippen LogP contribution is 2.33. The summed E-state index contributed by atoms with van der Waals surface area (Å²) in [7, 11) is 0. The van der Waals surface area contributed by atoms with E-state index in [0.29, 0.717) is 11.7 Å². The largest absolute Gasteiger partial charge is 0.332 e. The Morgan fingerprint density at radius 1 is 1.24 bits per heavy atom. The minimum absolute atomic E-state index is 0.0720. The van der Waals surface area contributed by atoms with Crippen molar-refractivity contribution in [2.45, 2.75) is 43.0 Å². The molecule has 0 aliphatic carbocycles. The number of nitrogens with one attached hydrogen (secondary N) is 4. The molecule has 4 N–H and O–H groups in total. The highest BCUT2D eigenvalue weighted by molar-refractivity contribution is 9.09. The van der Waals surface area contributed by atoms with Crippen molar-refractivity contribution in [3.05, 3.63) is 0 Å². The van der Waals surface area contributed by atoms with Gasteiger partial charge in [-0.25, -0.2) is 4.79 Å². The lowest BCUT2D eigenvalue weighted by Gasteiger charge is -2.16. The van der Waals surface area contributed by atoms with Gasteiger partial charge in [0.05, 0.1) is 17.4 Å². The van der Waals surface area contributed by atoms with E-state index in [9.17, 15) is 14.4 Å².